The predicted octanol–water partition coefficient (Wildman–Crippen LogP) is 9.27. The minimum Gasteiger partial charge on any atom is -0.134 e. The maximum absolute atomic E-state index is 2.40. The van der Waals surface area contributed by atoms with Gasteiger partial charge in [-0.3, -0.25) is 0 Å². The monoisotopic (exact) mass is 438 g/mol. The Kier molecular flexibility index (Phi) is 4.09. The maximum Gasteiger partial charge on any atom is 0.0434 e. The highest BCUT2D eigenvalue weighted by atomic mass is 32.1. The molecule has 0 saturated heterocycles. The standard InChI is InChI=1S/C32H22S/c1-20-12-14-21(15-13-20)26-8-4-10-28-29-11-5-9-27(32(29)33-31(26)28)24-17-16-23-18-22-6-2-3-7-25(22)30(23)19-24/h2-17,19H,18H2,1H3. The molecule has 1 aliphatic rings. The Hall–Kier alpha value is -3.68. The van der Waals surface area contributed by atoms with E-state index in [1.54, 1.807) is 0 Å². The van der Waals surface area contributed by atoms with Gasteiger partial charge in [-0.1, -0.05) is 103 Å². The van der Waals surface area contributed by atoms with Gasteiger partial charge in [0.15, 0.2) is 0 Å². The van der Waals surface area contributed by atoms with Crippen molar-refractivity contribution in [1.82, 2.24) is 0 Å². The molecule has 0 radical (unpaired) electrons. The summed E-state index contributed by atoms with van der Waals surface area (Å²) in [5.74, 6) is 0. The van der Waals surface area contributed by atoms with Crippen LogP contribution in [0.2, 0.25) is 0 Å². The van der Waals surface area contributed by atoms with Crippen molar-refractivity contribution in [3.05, 3.63) is 120 Å². The Morgan fingerprint density at radius 1 is 0.515 bits per heavy atom. The zero-order valence-corrected chi connectivity index (χ0v) is 19.2. The molecule has 156 valence electrons. The second kappa shape index (κ2) is 7.16. The molecule has 0 bridgehead atoms. The van der Waals surface area contributed by atoms with Crippen LogP contribution >= 0.6 is 11.3 Å². The number of rotatable bonds is 2. The van der Waals surface area contributed by atoms with Crippen LogP contribution in [-0.4, -0.2) is 0 Å². The predicted molar refractivity (Wildman–Crippen MR) is 143 cm³/mol. The Bertz CT molecular complexity index is 1680. The van der Waals surface area contributed by atoms with Crippen LogP contribution in [0.25, 0.3) is 53.6 Å². The smallest absolute Gasteiger partial charge is 0.0434 e. The zero-order chi connectivity index (χ0) is 21.9. The molecule has 5 aromatic carbocycles. The molecular formula is C32H22S. The van der Waals surface area contributed by atoms with E-state index in [2.05, 4.69) is 110 Å². The van der Waals surface area contributed by atoms with Crippen LogP contribution in [0, 0.1) is 6.92 Å². The first-order chi connectivity index (χ1) is 16.3. The van der Waals surface area contributed by atoms with Gasteiger partial charge < -0.3 is 0 Å². The van der Waals surface area contributed by atoms with Crippen molar-refractivity contribution in [2.24, 2.45) is 0 Å². The van der Waals surface area contributed by atoms with Crippen molar-refractivity contribution < 1.29 is 0 Å². The highest BCUT2D eigenvalue weighted by molar-refractivity contribution is 7.26. The van der Waals surface area contributed by atoms with E-state index in [-0.39, 0.29) is 0 Å². The van der Waals surface area contributed by atoms with Gasteiger partial charge in [-0.15, -0.1) is 11.3 Å². The number of fused-ring (bicyclic) bond motifs is 6. The fourth-order valence-corrected chi connectivity index (χ4v) is 6.67. The highest BCUT2D eigenvalue weighted by Crippen LogP contribution is 2.45. The van der Waals surface area contributed by atoms with Gasteiger partial charge >= 0.3 is 0 Å². The topological polar surface area (TPSA) is 0 Å². The molecule has 33 heavy (non-hydrogen) atoms. The molecule has 0 fully saturated rings. The number of benzene rings is 5. The van der Waals surface area contributed by atoms with Gasteiger partial charge in [0, 0.05) is 20.2 Å². The van der Waals surface area contributed by atoms with E-state index in [0.717, 1.165) is 6.42 Å². The van der Waals surface area contributed by atoms with Crippen LogP contribution < -0.4 is 0 Å². The summed E-state index contributed by atoms with van der Waals surface area (Å²) in [6, 6.07) is 38.3. The van der Waals surface area contributed by atoms with Gasteiger partial charge in [0.25, 0.3) is 0 Å². The molecule has 1 aromatic heterocycles. The van der Waals surface area contributed by atoms with Crippen LogP contribution in [-0.2, 0) is 6.42 Å². The van der Waals surface area contributed by atoms with Gasteiger partial charge in [-0.2, -0.15) is 0 Å². The van der Waals surface area contributed by atoms with Crippen molar-refractivity contribution in [1.29, 1.82) is 0 Å². The molecule has 0 amide bonds. The average Bonchev–Trinajstić information content (AvgIpc) is 3.42. The fraction of sp³-hybridized carbons (Fsp3) is 0.0625. The molecule has 1 heterocycles. The number of thiophene rings is 1. The van der Waals surface area contributed by atoms with E-state index in [9.17, 15) is 0 Å². The summed E-state index contributed by atoms with van der Waals surface area (Å²) >= 11 is 1.93. The maximum atomic E-state index is 2.40. The first kappa shape index (κ1) is 18.8. The highest BCUT2D eigenvalue weighted by Gasteiger charge is 2.19. The van der Waals surface area contributed by atoms with Crippen LogP contribution in [0.1, 0.15) is 16.7 Å². The molecule has 0 unspecified atom stereocenters. The van der Waals surface area contributed by atoms with Gasteiger partial charge in [-0.05, 0) is 63.9 Å². The van der Waals surface area contributed by atoms with Crippen molar-refractivity contribution >= 4 is 31.5 Å². The molecule has 6 aromatic rings. The second-order valence-electron chi connectivity index (χ2n) is 9.04. The van der Waals surface area contributed by atoms with E-state index in [1.165, 1.54) is 70.2 Å². The molecule has 0 spiro atoms. The average molecular weight is 439 g/mol. The Morgan fingerprint density at radius 2 is 1.12 bits per heavy atom. The minimum absolute atomic E-state index is 1.04. The molecule has 0 aliphatic heterocycles. The number of hydrogen-bond donors (Lipinski definition) is 0. The van der Waals surface area contributed by atoms with Crippen LogP contribution in [0.15, 0.2) is 103 Å². The molecule has 7 rings (SSSR count). The van der Waals surface area contributed by atoms with Gasteiger partial charge in [0.05, 0.1) is 0 Å². The van der Waals surface area contributed by atoms with E-state index in [0.29, 0.717) is 0 Å². The lowest BCUT2D eigenvalue weighted by atomic mass is 9.97. The SMILES string of the molecule is Cc1ccc(-c2cccc3c2sc2c(-c4ccc5c(c4)-c4ccccc4C5)cccc23)cc1. The van der Waals surface area contributed by atoms with Crippen molar-refractivity contribution in [3.63, 3.8) is 0 Å². The summed E-state index contributed by atoms with van der Waals surface area (Å²) in [4.78, 5) is 0. The van der Waals surface area contributed by atoms with E-state index >= 15 is 0 Å². The van der Waals surface area contributed by atoms with Gasteiger partial charge in [0.1, 0.15) is 0 Å². The molecule has 0 N–H and O–H groups in total. The van der Waals surface area contributed by atoms with Crippen molar-refractivity contribution in [3.8, 4) is 33.4 Å². The zero-order valence-electron chi connectivity index (χ0n) is 18.4. The summed E-state index contributed by atoms with van der Waals surface area (Å²) in [5.41, 5.74) is 12.2. The number of hydrogen-bond acceptors (Lipinski definition) is 1. The number of aryl methyl sites for hydroxylation is 1. The minimum atomic E-state index is 1.04. The van der Waals surface area contributed by atoms with Crippen LogP contribution in [0.3, 0.4) is 0 Å². The van der Waals surface area contributed by atoms with E-state index < -0.39 is 0 Å². The quantitative estimate of drug-likeness (QED) is 0.252. The van der Waals surface area contributed by atoms with E-state index in [4.69, 9.17) is 0 Å². The lowest BCUT2D eigenvalue weighted by Gasteiger charge is -2.07. The Balaban J connectivity index is 1.45. The lowest BCUT2D eigenvalue weighted by molar-refractivity contribution is 1.26. The van der Waals surface area contributed by atoms with E-state index in [1.807, 2.05) is 11.3 Å². The molecular weight excluding hydrogens is 416 g/mol. The van der Waals surface area contributed by atoms with Crippen LogP contribution in [0.5, 0.6) is 0 Å². The first-order valence-electron chi connectivity index (χ1n) is 11.5. The largest absolute Gasteiger partial charge is 0.134 e. The van der Waals surface area contributed by atoms with Crippen molar-refractivity contribution in [2.45, 2.75) is 13.3 Å². The third kappa shape index (κ3) is 2.90. The Labute approximate surface area is 197 Å². The summed E-state index contributed by atoms with van der Waals surface area (Å²) in [7, 11) is 0. The summed E-state index contributed by atoms with van der Waals surface area (Å²) in [6.07, 6.45) is 1.04. The molecule has 1 heteroatoms. The molecule has 0 atom stereocenters. The van der Waals surface area contributed by atoms with Gasteiger partial charge in [0.2, 0.25) is 0 Å². The van der Waals surface area contributed by atoms with Gasteiger partial charge in [-0.25, -0.2) is 0 Å². The third-order valence-corrected chi connectivity index (χ3v) is 8.28. The normalized spacial score (nSPS) is 12.3. The molecule has 0 nitrogen and oxygen atoms in total. The summed E-state index contributed by atoms with van der Waals surface area (Å²) in [6.45, 7) is 2.14. The summed E-state index contributed by atoms with van der Waals surface area (Å²) < 4.78 is 2.74. The Morgan fingerprint density at radius 3 is 1.88 bits per heavy atom. The fourth-order valence-electron chi connectivity index (χ4n) is 5.30. The first-order valence-corrected chi connectivity index (χ1v) is 12.3. The van der Waals surface area contributed by atoms with Crippen LogP contribution in [0.4, 0.5) is 0 Å². The molecule has 1 aliphatic carbocycles. The van der Waals surface area contributed by atoms with Crippen molar-refractivity contribution in [2.75, 3.05) is 0 Å². The summed E-state index contributed by atoms with van der Waals surface area (Å²) in [5, 5.41) is 2.70. The second-order valence-corrected chi connectivity index (χ2v) is 10.1. The third-order valence-electron chi connectivity index (χ3n) is 7.00. The lowest BCUT2D eigenvalue weighted by Crippen LogP contribution is -1.83. The molecule has 0 saturated carbocycles.